The Bertz CT molecular complexity index is 1090. The Kier molecular flexibility index (Phi) is 7.26. The van der Waals surface area contributed by atoms with Crippen molar-refractivity contribution in [1.82, 2.24) is 10.4 Å². The van der Waals surface area contributed by atoms with Crippen LogP contribution in [0.3, 0.4) is 0 Å². The molecule has 0 spiro atoms. The lowest BCUT2D eigenvalue weighted by Crippen LogP contribution is -2.24. The summed E-state index contributed by atoms with van der Waals surface area (Å²) in [4.78, 5) is 27.8. The monoisotopic (exact) mass is 423 g/mol. The molecule has 0 unspecified atom stereocenters. The fourth-order valence-corrected chi connectivity index (χ4v) is 2.41. The fourth-order valence-electron chi connectivity index (χ4n) is 2.41. The number of hydrogen-bond acceptors (Lipinski definition) is 7. The van der Waals surface area contributed by atoms with Crippen LogP contribution in [0.5, 0.6) is 17.2 Å². The average Bonchev–Trinajstić information content (AvgIpc) is 2.80. The molecule has 1 amide bonds. The molecule has 8 nitrogen and oxygen atoms in total. The first-order valence-electron chi connectivity index (χ1n) is 9.06. The molecular formula is C22H18FN3O5. The van der Waals surface area contributed by atoms with E-state index in [0.717, 1.165) is 0 Å². The highest BCUT2D eigenvalue weighted by Gasteiger charge is 2.13. The number of halogens is 1. The van der Waals surface area contributed by atoms with E-state index in [1.54, 1.807) is 36.5 Å². The molecule has 9 heteroatoms. The van der Waals surface area contributed by atoms with Crippen LogP contribution in [-0.4, -0.2) is 36.8 Å². The van der Waals surface area contributed by atoms with Gasteiger partial charge in [0.1, 0.15) is 0 Å². The van der Waals surface area contributed by atoms with Crippen molar-refractivity contribution in [3.05, 3.63) is 83.9 Å². The van der Waals surface area contributed by atoms with Gasteiger partial charge in [-0.15, -0.1) is 0 Å². The molecule has 1 aromatic heterocycles. The summed E-state index contributed by atoms with van der Waals surface area (Å²) in [5.74, 6) is -1.20. The van der Waals surface area contributed by atoms with Gasteiger partial charge in [-0.3, -0.25) is 9.78 Å². The zero-order valence-corrected chi connectivity index (χ0v) is 16.4. The van der Waals surface area contributed by atoms with Crippen LogP contribution >= 0.6 is 0 Å². The number of esters is 1. The Morgan fingerprint density at radius 3 is 2.68 bits per heavy atom. The number of ether oxygens (including phenoxy) is 3. The van der Waals surface area contributed by atoms with Gasteiger partial charge in [-0.2, -0.15) is 5.10 Å². The highest BCUT2D eigenvalue weighted by Crippen LogP contribution is 2.28. The molecule has 1 N–H and O–H groups in total. The number of hydrazone groups is 1. The number of nitrogens with one attached hydrogen (secondary N) is 1. The van der Waals surface area contributed by atoms with Crippen molar-refractivity contribution in [3.8, 4) is 17.2 Å². The minimum Gasteiger partial charge on any atom is -0.493 e. The number of rotatable bonds is 8. The third kappa shape index (κ3) is 6.10. The highest BCUT2D eigenvalue weighted by atomic mass is 19.1. The molecule has 1 heterocycles. The molecule has 0 radical (unpaired) electrons. The van der Waals surface area contributed by atoms with E-state index in [1.807, 2.05) is 0 Å². The second-order valence-corrected chi connectivity index (χ2v) is 6.05. The van der Waals surface area contributed by atoms with Crippen molar-refractivity contribution in [2.24, 2.45) is 5.10 Å². The topological polar surface area (TPSA) is 99.1 Å². The van der Waals surface area contributed by atoms with Gasteiger partial charge in [0.05, 0.1) is 18.9 Å². The summed E-state index contributed by atoms with van der Waals surface area (Å²) >= 11 is 0. The van der Waals surface area contributed by atoms with E-state index in [1.165, 1.54) is 43.8 Å². The quantitative estimate of drug-likeness (QED) is 0.259. The van der Waals surface area contributed by atoms with E-state index >= 15 is 0 Å². The Labute approximate surface area is 177 Å². The molecule has 31 heavy (non-hydrogen) atoms. The smallest absolute Gasteiger partial charge is 0.345 e. The maximum absolute atomic E-state index is 13.5. The van der Waals surface area contributed by atoms with Crippen molar-refractivity contribution in [2.75, 3.05) is 13.7 Å². The van der Waals surface area contributed by atoms with E-state index in [9.17, 15) is 14.0 Å². The molecule has 0 aliphatic carbocycles. The van der Waals surface area contributed by atoms with Gasteiger partial charge >= 0.3 is 5.97 Å². The number of hydrogen-bond donors (Lipinski definition) is 1. The van der Waals surface area contributed by atoms with E-state index in [4.69, 9.17) is 14.2 Å². The third-order valence-corrected chi connectivity index (χ3v) is 3.89. The summed E-state index contributed by atoms with van der Waals surface area (Å²) in [5, 5.41) is 3.82. The van der Waals surface area contributed by atoms with Crippen molar-refractivity contribution < 1.29 is 28.2 Å². The van der Waals surface area contributed by atoms with Gasteiger partial charge in [-0.05, 0) is 48.0 Å². The predicted octanol–water partition coefficient (Wildman–Crippen LogP) is 2.98. The number of nitrogens with zero attached hydrogens (tertiary/aromatic N) is 2. The van der Waals surface area contributed by atoms with E-state index in [-0.39, 0.29) is 11.5 Å². The van der Waals surface area contributed by atoms with E-state index in [0.29, 0.717) is 16.9 Å². The lowest BCUT2D eigenvalue weighted by Gasteiger charge is -2.09. The van der Waals surface area contributed by atoms with Crippen LogP contribution in [0.25, 0.3) is 0 Å². The summed E-state index contributed by atoms with van der Waals surface area (Å²) in [7, 11) is 1.43. The molecule has 158 valence electrons. The van der Waals surface area contributed by atoms with Crippen molar-refractivity contribution in [1.29, 1.82) is 0 Å². The summed E-state index contributed by atoms with van der Waals surface area (Å²) in [5.41, 5.74) is 3.16. The molecule has 3 aromatic rings. The average molecular weight is 423 g/mol. The molecule has 3 rings (SSSR count). The van der Waals surface area contributed by atoms with Crippen LogP contribution in [0.2, 0.25) is 0 Å². The van der Waals surface area contributed by atoms with Crippen LogP contribution in [0, 0.1) is 5.82 Å². The highest BCUT2D eigenvalue weighted by molar-refractivity contribution is 5.91. The zero-order chi connectivity index (χ0) is 22.1. The number of amides is 1. The Hall–Kier alpha value is -4.27. The van der Waals surface area contributed by atoms with Crippen molar-refractivity contribution in [3.63, 3.8) is 0 Å². The second kappa shape index (κ2) is 10.5. The standard InChI is InChI=1S/C22H18FN3O5/c1-29-20-11-15(8-9-19(20)31-22(28)16-5-4-10-24-13-16)12-25-26-21(27)14-30-18-7-3-2-6-17(18)23/h2-13H,14H2,1H3,(H,26,27)/b25-12-. The number of para-hydroxylation sites is 1. The first-order valence-corrected chi connectivity index (χ1v) is 9.06. The van der Waals surface area contributed by atoms with Crippen LogP contribution in [0.1, 0.15) is 15.9 Å². The number of carbonyl (C=O) groups is 2. The SMILES string of the molecule is COc1cc(/C=N\NC(=O)COc2ccccc2F)ccc1OC(=O)c1cccnc1. The molecule has 0 saturated carbocycles. The lowest BCUT2D eigenvalue weighted by atomic mass is 10.2. The van der Waals surface area contributed by atoms with E-state index < -0.39 is 24.3 Å². The van der Waals surface area contributed by atoms with Gasteiger partial charge in [-0.1, -0.05) is 12.1 Å². The summed E-state index contributed by atoms with van der Waals surface area (Å²) in [6.07, 6.45) is 4.32. The van der Waals surface area contributed by atoms with Crippen molar-refractivity contribution in [2.45, 2.75) is 0 Å². The second-order valence-electron chi connectivity index (χ2n) is 6.05. The Morgan fingerprint density at radius 1 is 1.10 bits per heavy atom. The number of carbonyl (C=O) groups excluding carboxylic acids is 2. The number of methoxy groups -OCH3 is 1. The van der Waals surface area contributed by atoms with Gasteiger partial charge in [0.15, 0.2) is 29.7 Å². The molecule has 0 aliphatic rings. The van der Waals surface area contributed by atoms with Gasteiger partial charge in [0, 0.05) is 12.4 Å². The summed E-state index contributed by atoms with van der Waals surface area (Å²) in [6.45, 7) is -0.398. The van der Waals surface area contributed by atoms with E-state index in [2.05, 4.69) is 15.5 Å². The van der Waals surface area contributed by atoms with Gasteiger partial charge in [-0.25, -0.2) is 14.6 Å². The van der Waals surface area contributed by atoms with Crippen LogP contribution in [-0.2, 0) is 4.79 Å². The van der Waals surface area contributed by atoms with Gasteiger partial charge < -0.3 is 14.2 Å². The predicted molar refractivity (Wildman–Crippen MR) is 110 cm³/mol. The number of aromatic nitrogens is 1. The normalized spacial score (nSPS) is 10.5. The molecular weight excluding hydrogens is 405 g/mol. The molecule has 2 aromatic carbocycles. The molecule has 0 atom stereocenters. The molecule has 0 bridgehead atoms. The zero-order valence-electron chi connectivity index (χ0n) is 16.4. The van der Waals surface area contributed by atoms with Gasteiger partial charge in [0.25, 0.3) is 5.91 Å². The van der Waals surface area contributed by atoms with Crippen LogP contribution in [0.4, 0.5) is 4.39 Å². The molecule has 0 aliphatic heterocycles. The third-order valence-electron chi connectivity index (χ3n) is 3.89. The fraction of sp³-hybridized carbons (Fsp3) is 0.0909. The summed E-state index contributed by atoms with van der Waals surface area (Å²) in [6, 6.07) is 13.7. The lowest BCUT2D eigenvalue weighted by molar-refractivity contribution is -0.123. The van der Waals surface area contributed by atoms with Gasteiger partial charge in [0.2, 0.25) is 0 Å². The summed E-state index contributed by atoms with van der Waals surface area (Å²) < 4.78 is 29.1. The molecule has 0 fully saturated rings. The number of pyridine rings is 1. The maximum atomic E-state index is 13.5. The molecule has 0 saturated heterocycles. The largest absolute Gasteiger partial charge is 0.493 e. The van der Waals surface area contributed by atoms with Crippen LogP contribution in [0.15, 0.2) is 72.1 Å². The first-order chi connectivity index (χ1) is 15.1. The maximum Gasteiger partial charge on any atom is 0.345 e. The Balaban J connectivity index is 1.56. The Morgan fingerprint density at radius 2 is 1.94 bits per heavy atom. The minimum absolute atomic E-state index is 0.0252. The van der Waals surface area contributed by atoms with Crippen molar-refractivity contribution >= 4 is 18.1 Å². The first kappa shape index (κ1) is 21.4. The minimum atomic E-state index is -0.574. The number of benzene rings is 2. The van der Waals surface area contributed by atoms with Crippen LogP contribution < -0.4 is 19.6 Å².